The second-order valence-electron chi connectivity index (χ2n) is 7.26. The maximum absolute atomic E-state index is 12.5. The fraction of sp³-hybridized carbons (Fsp3) is 0.389. The van der Waals surface area contributed by atoms with Gasteiger partial charge in [0.2, 0.25) is 0 Å². The monoisotopic (exact) mass is 342 g/mol. The van der Waals surface area contributed by atoms with E-state index in [1.807, 2.05) is 24.3 Å². The Bertz CT molecular complexity index is 803. The van der Waals surface area contributed by atoms with Crippen LogP contribution in [-0.2, 0) is 18.4 Å². The van der Waals surface area contributed by atoms with Gasteiger partial charge in [0, 0.05) is 29.9 Å². The van der Waals surface area contributed by atoms with Crippen molar-refractivity contribution in [2.24, 2.45) is 0 Å². The normalized spacial score (nSPS) is 14.1. The van der Waals surface area contributed by atoms with Gasteiger partial charge in [-0.15, -0.1) is 0 Å². The highest BCUT2D eigenvalue weighted by molar-refractivity contribution is 5.90. The Kier molecular flexibility index (Phi) is 4.24. The van der Waals surface area contributed by atoms with Crippen LogP contribution in [0, 0.1) is 0 Å². The number of fused-ring (bicyclic) bond motifs is 1. The molecule has 25 heavy (non-hydrogen) atoms. The number of carboxylic acid groups (broad SMARTS) is 1. The minimum Gasteiger partial charge on any atom is -0.476 e. The smallest absolute Gasteiger partial charge is 0.356 e. The van der Waals surface area contributed by atoms with Gasteiger partial charge in [-0.3, -0.25) is 5.10 Å². The number of hydrogen-bond donors (Lipinski definition) is 3. The van der Waals surface area contributed by atoms with Crippen molar-refractivity contribution in [2.45, 2.75) is 39.2 Å². The average molecular weight is 342 g/mol. The summed E-state index contributed by atoms with van der Waals surface area (Å²) in [7, 11) is 0. The van der Waals surface area contributed by atoms with Crippen LogP contribution < -0.4 is 5.32 Å². The van der Waals surface area contributed by atoms with E-state index in [1.54, 1.807) is 4.90 Å². The van der Waals surface area contributed by atoms with Crippen molar-refractivity contribution in [1.29, 1.82) is 0 Å². The standard InChI is InChI=1S/C18H22N4O3/c1-18(2,3)11-4-6-12(7-5-11)19-17(25)22-9-8-14-13(10-22)15(16(23)24)21-20-14/h4-7H,8-10H2,1-3H3,(H,19,25)(H,20,21)(H,23,24). The molecule has 0 unspecified atom stereocenters. The molecule has 0 bridgehead atoms. The number of urea groups is 1. The maximum atomic E-state index is 12.5. The Labute approximate surface area is 146 Å². The first-order valence-corrected chi connectivity index (χ1v) is 8.21. The van der Waals surface area contributed by atoms with E-state index in [-0.39, 0.29) is 23.7 Å². The minimum absolute atomic E-state index is 0.0120. The Morgan fingerprint density at radius 3 is 2.52 bits per heavy atom. The molecule has 0 radical (unpaired) electrons. The maximum Gasteiger partial charge on any atom is 0.356 e. The van der Waals surface area contributed by atoms with Gasteiger partial charge >= 0.3 is 12.0 Å². The Balaban J connectivity index is 1.70. The lowest BCUT2D eigenvalue weighted by molar-refractivity contribution is 0.0688. The zero-order valence-electron chi connectivity index (χ0n) is 14.6. The first kappa shape index (κ1) is 17.0. The molecule has 0 aliphatic carbocycles. The van der Waals surface area contributed by atoms with Gasteiger partial charge in [-0.25, -0.2) is 9.59 Å². The first-order chi connectivity index (χ1) is 11.8. The summed E-state index contributed by atoms with van der Waals surface area (Å²) in [5.74, 6) is -1.09. The van der Waals surface area contributed by atoms with Crippen molar-refractivity contribution in [3.63, 3.8) is 0 Å². The summed E-state index contributed by atoms with van der Waals surface area (Å²) in [4.78, 5) is 25.3. The highest BCUT2D eigenvalue weighted by atomic mass is 16.4. The van der Waals surface area contributed by atoms with E-state index in [4.69, 9.17) is 0 Å². The average Bonchev–Trinajstić information content (AvgIpc) is 2.97. The molecule has 1 aromatic heterocycles. The van der Waals surface area contributed by atoms with Crippen LogP contribution in [0.25, 0.3) is 0 Å². The van der Waals surface area contributed by atoms with E-state index in [0.717, 1.165) is 11.4 Å². The number of nitrogens with one attached hydrogen (secondary N) is 2. The molecule has 132 valence electrons. The third kappa shape index (κ3) is 3.50. The molecule has 0 saturated carbocycles. The van der Waals surface area contributed by atoms with E-state index >= 15 is 0 Å². The lowest BCUT2D eigenvalue weighted by Crippen LogP contribution is -2.39. The molecule has 0 saturated heterocycles. The third-order valence-electron chi connectivity index (χ3n) is 4.43. The van der Waals surface area contributed by atoms with E-state index in [1.165, 1.54) is 5.56 Å². The number of carbonyl (C=O) groups is 2. The molecule has 2 heterocycles. The van der Waals surface area contributed by atoms with E-state index in [9.17, 15) is 14.7 Å². The summed E-state index contributed by atoms with van der Waals surface area (Å²) in [5.41, 5.74) is 3.32. The van der Waals surface area contributed by atoms with Crippen LogP contribution >= 0.6 is 0 Å². The van der Waals surface area contributed by atoms with Gasteiger partial charge in [0.1, 0.15) is 0 Å². The van der Waals surface area contributed by atoms with E-state index in [0.29, 0.717) is 18.5 Å². The summed E-state index contributed by atoms with van der Waals surface area (Å²) in [6, 6.07) is 7.53. The molecule has 2 amide bonds. The third-order valence-corrected chi connectivity index (χ3v) is 4.43. The Morgan fingerprint density at radius 2 is 1.92 bits per heavy atom. The first-order valence-electron chi connectivity index (χ1n) is 8.21. The molecular weight excluding hydrogens is 320 g/mol. The largest absolute Gasteiger partial charge is 0.476 e. The van der Waals surface area contributed by atoms with Crippen LogP contribution in [0.1, 0.15) is 48.1 Å². The van der Waals surface area contributed by atoms with Crippen LogP contribution in [0.15, 0.2) is 24.3 Å². The van der Waals surface area contributed by atoms with Crippen molar-refractivity contribution < 1.29 is 14.7 Å². The number of aromatic carboxylic acids is 1. The fourth-order valence-corrected chi connectivity index (χ4v) is 2.90. The molecule has 1 aliphatic heterocycles. The highest BCUT2D eigenvalue weighted by Gasteiger charge is 2.27. The summed E-state index contributed by atoms with van der Waals surface area (Å²) in [5, 5.41) is 18.6. The quantitative estimate of drug-likeness (QED) is 0.781. The zero-order chi connectivity index (χ0) is 18.2. The number of benzene rings is 1. The second-order valence-corrected chi connectivity index (χ2v) is 7.26. The fourth-order valence-electron chi connectivity index (χ4n) is 2.90. The number of carboxylic acids is 1. The van der Waals surface area contributed by atoms with Gasteiger partial charge in [-0.2, -0.15) is 5.10 Å². The number of amides is 2. The second kappa shape index (κ2) is 6.23. The number of nitrogens with zero attached hydrogens (tertiary/aromatic N) is 2. The van der Waals surface area contributed by atoms with Gasteiger partial charge < -0.3 is 15.3 Å². The zero-order valence-corrected chi connectivity index (χ0v) is 14.6. The van der Waals surface area contributed by atoms with Crippen molar-refractivity contribution in [1.82, 2.24) is 15.1 Å². The number of aromatic amines is 1. The molecule has 0 fully saturated rings. The minimum atomic E-state index is -1.09. The van der Waals surface area contributed by atoms with Gasteiger partial charge in [0.25, 0.3) is 0 Å². The molecule has 0 atom stereocenters. The lowest BCUT2D eigenvalue weighted by Gasteiger charge is -2.27. The molecule has 0 spiro atoms. The number of hydrogen-bond acceptors (Lipinski definition) is 3. The van der Waals surface area contributed by atoms with Crippen molar-refractivity contribution in [3.8, 4) is 0 Å². The van der Waals surface area contributed by atoms with Crippen molar-refractivity contribution in [3.05, 3.63) is 46.8 Å². The van der Waals surface area contributed by atoms with E-state index < -0.39 is 5.97 Å². The summed E-state index contributed by atoms with van der Waals surface area (Å²) >= 11 is 0. The van der Waals surface area contributed by atoms with Crippen molar-refractivity contribution >= 4 is 17.7 Å². The molecule has 2 aromatic rings. The number of rotatable bonds is 2. The van der Waals surface area contributed by atoms with Crippen LogP contribution in [0.2, 0.25) is 0 Å². The summed E-state index contributed by atoms with van der Waals surface area (Å²) in [6.07, 6.45) is 0.562. The molecule has 7 heteroatoms. The van der Waals surface area contributed by atoms with Gasteiger partial charge in [-0.1, -0.05) is 32.9 Å². The number of H-pyrrole nitrogens is 1. The number of anilines is 1. The predicted octanol–water partition coefficient (Wildman–Crippen LogP) is 3.00. The Hall–Kier alpha value is -2.83. The molecule has 3 rings (SSSR count). The van der Waals surface area contributed by atoms with Gasteiger partial charge in [0.05, 0.1) is 6.54 Å². The van der Waals surface area contributed by atoms with E-state index in [2.05, 4.69) is 36.3 Å². The molecule has 1 aromatic carbocycles. The lowest BCUT2D eigenvalue weighted by atomic mass is 9.87. The van der Waals surface area contributed by atoms with Crippen molar-refractivity contribution in [2.75, 3.05) is 11.9 Å². The summed E-state index contributed by atoms with van der Waals surface area (Å²) < 4.78 is 0. The molecular formula is C18H22N4O3. The summed E-state index contributed by atoms with van der Waals surface area (Å²) in [6.45, 7) is 7.16. The van der Waals surface area contributed by atoms with Crippen LogP contribution in [-0.4, -0.2) is 38.7 Å². The number of aromatic nitrogens is 2. The molecule has 3 N–H and O–H groups in total. The molecule has 7 nitrogen and oxygen atoms in total. The predicted molar refractivity (Wildman–Crippen MR) is 93.8 cm³/mol. The Morgan fingerprint density at radius 1 is 1.24 bits per heavy atom. The van der Waals surface area contributed by atoms with Crippen LogP contribution in [0.3, 0.4) is 0 Å². The SMILES string of the molecule is CC(C)(C)c1ccc(NC(=O)N2CCc3[nH]nc(C(=O)O)c3C2)cc1. The van der Waals surface area contributed by atoms with Crippen LogP contribution in [0.5, 0.6) is 0 Å². The molecule has 1 aliphatic rings. The van der Waals surface area contributed by atoms with Gasteiger partial charge in [0.15, 0.2) is 5.69 Å². The topological polar surface area (TPSA) is 98.3 Å². The van der Waals surface area contributed by atoms with Crippen LogP contribution in [0.4, 0.5) is 10.5 Å². The number of carbonyl (C=O) groups excluding carboxylic acids is 1. The highest BCUT2D eigenvalue weighted by Crippen LogP contribution is 2.24. The van der Waals surface area contributed by atoms with Gasteiger partial charge in [-0.05, 0) is 23.1 Å².